The summed E-state index contributed by atoms with van der Waals surface area (Å²) in [7, 11) is 0. The lowest BCUT2D eigenvalue weighted by Crippen LogP contribution is -2.46. The van der Waals surface area contributed by atoms with Crippen LogP contribution in [-0.2, 0) is 9.59 Å². The Morgan fingerprint density at radius 3 is 1.55 bits per heavy atom. The summed E-state index contributed by atoms with van der Waals surface area (Å²) in [4.78, 5) is 29.2. The first-order valence-corrected chi connectivity index (χ1v) is 9.33. The van der Waals surface area contributed by atoms with Crippen LogP contribution in [0, 0.1) is 11.8 Å². The first-order valence-electron chi connectivity index (χ1n) is 9.33. The van der Waals surface area contributed by atoms with E-state index in [-0.39, 0.29) is 11.8 Å². The van der Waals surface area contributed by atoms with Crippen LogP contribution in [0.1, 0.15) is 64.2 Å². The summed E-state index contributed by atoms with van der Waals surface area (Å²) in [6.07, 6.45) is 11.1. The van der Waals surface area contributed by atoms with Crippen LogP contribution in [0.3, 0.4) is 0 Å². The van der Waals surface area contributed by atoms with Gasteiger partial charge in [0, 0.05) is 38.0 Å². The Hall–Kier alpha value is -1.06. The number of hydrogen-bond acceptors (Lipinski definition) is 2. The summed E-state index contributed by atoms with van der Waals surface area (Å²) in [5.74, 6) is 1.15. The van der Waals surface area contributed by atoms with Crippen LogP contribution >= 0.6 is 0 Å². The quantitative estimate of drug-likeness (QED) is 0.787. The molecule has 2 aliphatic heterocycles. The highest BCUT2D eigenvalue weighted by Gasteiger charge is 2.33. The van der Waals surface area contributed by atoms with E-state index in [1.165, 1.54) is 25.7 Å². The van der Waals surface area contributed by atoms with Gasteiger partial charge in [0.05, 0.1) is 0 Å². The Morgan fingerprint density at radius 2 is 1.00 bits per heavy atom. The molecule has 0 N–H and O–H groups in total. The van der Waals surface area contributed by atoms with Crippen LogP contribution in [-0.4, -0.2) is 47.8 Å². The Balaban J connectivity index is 1.48. The molecule has 4 heteroatoms. The van der Waals surface area contributed by atoms with Gasteiger partial charge in [0.1, 0.15) is 0 Å². The van der Waals surface area contributed by atoms with Gasteiger partial charge < -0.3 is 9.80 Å². The fourth-order valence-electron chi connectivity index (χ4n) is 4.33. The Morgan fingerprint density at radius 1 is 0.545 bits per heavy atom. The maximum absolute atomic E-state index is 12.7. The van der Waals surface area contributed by atoms with Crippen LogP contribution in [0.25, 0.3) is 0 Å². The molecule has 0 unspecified atom stereocenters. The molecule has 2 heterocycles. The van der Waals surface area contributed by atoms with Crippen molar-refractivity contribution in [2.24, 2.45) is 11.8 Å². The number of carbonyl (C=O) groups excluding carboxylic acids is 2. The molecular weight excluding hydrogens is 276 g/mol. The van der Waals surface area contributed by atoms with E-state index in [1.807, 2.05) is 4.90 Å². The molecule has 3 aliphatic rings. The predicted molar refractivity (Wildman–Crippen MR) is 86.3 cm³/mol. The fraction of sp³-hybridized carbons (Fsp3) is 0.889. The minimum Gasteiger partial charge on any atom is -0.342 e. The summed E-state index contributed by atoms with van der Waals surface area (Å²) in [6, 6.07) is 0. The van der Waals surface area contributed by atoms with Gasteiger partial charge in [-0.2, -0.15) is 0 Å². The first-order chi connectivity index (χ1) is 10.8. The molecule has 0 atom stereocenters. The normalized spacial score (nSPS) is 25.3. The van der Waals surface area contributed by atoms with Gasteiger partial charge in [0.25, 0.3) is 0 Å². The molecule has 0 spiro atoms. The number of carbonyl (C=O) groups is 2. The van der Waals surface area contributed by atoms with E-state index >= 15 is 0 Å². The minimum atomic E-state index is 0.158. The maximum atomic E-state index is 12.7. The zero-order valence-corrected chi connectivity index (χ0v) is 13.8. The van der Waals surface area contributed by atoms with E-state index in [9.17, 15) is 9.59 Å². The Bertz CT molecular complexity index is 388. The molecule has 2 amide bonds. The number of rotatable bonds is 2. The molecule has 0 aromatic carbocycles. The highest BCUT2D eigenvalue weighted by atomic mass is 16.2. The van der Waals surface area contributed by atoms with Gasteiger partial charge in [-0.3, -0.25) is 9.59 Å². The van der Waals surface area contributed by atoms with Crippen molar-refractivity contribution in [2.45, 2.75) is 64.2 Å². The maximum Gasteiger partial charge on any atom is 0.225 e. The zero-order chi connectivity index (χ0) is 15.4. The van der Waals surface area contributed by atoms with Crippen LogP contribution in [0.2, 0.25) is 0 Å². The number of amides is 2. The van der Waals surface area contributed by atoms with Crippen molar-refractivity contribution in [1.82, 2.24) is 9.80 Å². The van der Waals surface area contributed by atoms with Crippen LogP contribution < -0.4 is 0 Å². The lowest BCUT2D eigenvalue weighted by Gasteiger charge is -2.35. The third-order valence-corrected chi connectivity index (χ3v) is 5.78. The molecule has 1 aliphatic carbocycles. The highest BCUT2D eigenvalue weighted by Crippen LogP contribution is 2.29. The average molecular weight is 306 g/mol. The van der Waals surface area contributed by atoms with Crippen molar-refractivity contribution in [3.63, 3.8) is 0 Å². The summed E-state index contributed by atoms with van der Waals surface area (Å²) in [6.45, 7) is 3.47. The lowest BCUT2D eigenvalue weighted by atomic mass is 9.94. The van der Waals surface area contributed by atoms with Crippen LogP contribution in [0.4, 0.5) is 0 Å². The van der Waals surface area contributed by atoms with E-state index in [0.717, 1.165) is 64.7 Å². The van der Waals surface area contributed by atoms with Crippen LogP contribution in [0.15, 0.2) is 0 Å². The fourth-order valence-corrected chi connectivity index (χ4v) is 4.33. The second kappa shape index (κ2) is 7.47. The second-order valence-corrected chi connectivity index (χ2v) is 7.32. The van der Waals surface area contributed by atoms with Gasteiger partial charge in [-0.1, -0.05) is 25.7 Å². The lowest BCUT2D eigenvalue weighted by molar-refractivity contribution is -0.142. The summed E-state index contributed by atoms with van der Waals surface area (Å²) >= 11 is 0. The molecule has 1 saturated carbocycles. The molecule has 3 fully saturated rings. The molecule has 0 radical (unpaired) electrons. The molecule has 0 aromatic heterocycles. The van der Waals surface area contributed by atoms with Gasteiger partial charge in [0.2, 0.25) is 11.8 Å². The van der Waals surface area contributed by atoms with E-state index in [4.69, 9.17) is 0 Å². The Kier molecular flexibility index (Phi) is 5.37. The van der Waals surface area contributed by atoms with E-state index in [2.05, 4.69) is 4.90 Å². The average Bonchev–Trinajstić information content (AvgIpc) is 2.96. The van der Waals surface area contributed by atoms with E-state index < -0.39 is 0 Å². The predicted octanol–water partition coefficient (Wildman–Crippen LogP) is 2.82. The largest absolute Gasteiger partial charge is 0.342 e. The number of piperidine rings is 1. The van der Waals surface area contributed by atoms with Crippen molar-refractivity contribution < 1.29 is 9.59 Å². The zero-order valence-electron chi connectivity index (χ0n) is 13.8. The molecule has 3 rings (SSSR count). The monoisotopic (exact) mass is 306 g/mol. The number of hydrogen-bond donors (Lipinski definition) is 0. The molecule has 124 valence electrons. The molecular formula is C18H30N2O2. The van der Waals surface area contributed by atoms with Crippen molar-refractivity contribution in [1.29, 1.82) is 0 Å². The summed E-state index contributed by atoms with van der Waals surface area (Å²) in [5, 5.41) is 0. The van der Waals surface area contributed by atoms with Gasteiger partial charge >= 0.3 is 0 Å². The first kappa shape index (κ1) is 15.8. The topological polar surface area (TPSA) is 40.6 Å². The molecule has 2 saturated heterocycles. The third-order valence-electron chi connectivity index (χ3n) is 5.78. The van der Waals surface area contributed by atoms with E-state index in [0.29, 0.717) is 11.8 Å². The van der Waals surface area contributed by atoms with Gasteiger partial charge in [-0.15, -0.1) is 0 Å². The SMILES string of the molecule is O=C(C1CCN(C(=O)C2CCCC2)CC1)N1CCCCCC1. The summed E-state index contributed by atoms with van der Waals surface area (Å²) in [5.41, 5.74) is 0. The molecule has 0 bridgehead atoms. The molecule has 0 aromatic rings. The van der Waals surface area contributed by atoms with Crippen molar-refractivity contribution >= 4 is 11.8 Å². The standard InChI is InChI=1S/C18H30N2O2/c21-17(15-7-3-4-8-15)20-13-9-16(10-14-20)18(22)19-11-5-1-2-6-12-19/h15-16H,1-14H2. The second-order valence-electron chi connectivity index (χ2n) is 7.32. The highest BCUT2D eigenvalue weighted by molar-refractivity contribution is 5.81. The summed E-state index contributed by atoms with van der Waals surface area (Å²) < 4.78 is 0. The smallest absolute Gasteiger partial charge is 0.225 e. The van der Waals surface area contributed by atoms with Crippen molar-refractivity contribution in [3.05, 3.63) is 0 Å². The van der Waals surface area contributed by atoms with Crippen LogP contribution in [0.5, 0.6) is 0 Å². The van der Waals surface area contributed by atoms with Gasteiger partial charge in [-0.25, -0.2) is 0 Å². The van der Waals surface area contributed by atoms with Gasteiger partial charge in [0.15, 0.2) is 0 Å². The van der Waals surface area contributed by atoms with Crippen molar-refractivity contribution in [3.8, 4) is 0 Å². The number of nitrogens with zero attached hydrogens (tertiary/aromatic N) is 2. The van der Waals surface area contributed by atoms with Crippen molar-refractivity contribution in [2.75, 3.05) is 26.2 Å². The number of likely N-dealkylation sites (tertiary alicyclic amines) is 2. The molecule has 4 nitrogen and oxygen atoms in total. The van der Waals surface area contributed by atoms with E-state index in [1.54, 1.807) is 0 Å². The minimum absolute atomic E-state index is 0.158. The Labute approximate surface area is 134 Å². The van der Waals surface area contributed by atoms with Gasteiger partial charge in [-0.05, 0) is 38.5 Å². The third kappa shape index (κ3) is 3.64. The molecule has 22 heavy (non-hydrogen) atoms.